The maximum atomic E-state index is 12.6. The predicted octanol–water partition coefficient (Wildman–Crippen LogP) is 2.12. The van der Waals surface area contributed by atoms with E-state index in [1.54, 1.807) is 13.8 Å². The van der Waals surface area contributed by atoms with Crippen LogP contribution in [0.15, 0.2) is 40.5 Å². The van der Waals surface area contributed by atoms with Gasteiger partial charge in [0, 0.05) is 23.9 Å². The Morgan fingerprint density at radius 3 is 2.56 bits per heavy atom. The molecule has 1 aliphatic rings. The smallest absolute Gasteiger partial charge is 0.336 e. The van der Waals surface area contributed by atoms with Crippen LogP contribution in [0.3, 0.4) is 0 Å². The van der Waals surface area contributed by atoms with Gasteiger partial charge in [0.05, 0.1) is 12.7 Å². The van der Waals surface area contributed by atoms with E-state index in [-0.39, 0.29) is 13.2 Å². The lowest BCUT2D eigenvalue weighted by atomic mass is 9.75. The van der Waals surface area contributed by atoms with Crippen molar-refractivity contribution in [2.24, 2.45) is 16.6 Å². The van der Waals surface area contributed by atoms with Gasteiger partial charge in [0.2, 0.25) is 0 Å². The molecule has 0 radical (unpaired) electrons. The SMILES string of the molecule is COC(=O)C1C(C)=NC(C)=C(C(=O)OCCN)C1c1cccc(C)c1. The van der Waals surface area contributed by atoms with Crippen molar-refractivity contribution in [1.82, 2.24) is 0 Å². The van der Waals surface area contributed by atoms with E-state index in [2.05, 4.69) is 4.99 Å². The standard InChI is InChI=1S/C19H24N2O4/c1-11-6-5-7-14(10-11)17-15(18(22)24-4)12(2)21-13(3)16(17)19(23)25-9-8-20/h5-7,10,15,17H,8-9,20H2,1-4H3. The van der Waals surface area contributed by atoms with Gasteiger partial charge >= 0.3 is 11.9 Å². The number of allylic oxidation sites excluding steroid dienone is 1. The van der Waals surface area contributed by atoms with Crippen molar-refractivity contribution < 1.29 is 19.1 Å². The number of aryl methyl sites for hydroxylation is 1. The summed E-state index contributed by atoms with van der Waals surface area (Å²) in [5, 5.41) is 0. The minimum atomic E-state index is -0.670. The molecule has 1 aromatic carbocycles. The molecule has 0 aromatic heterocycles. The summed E-state index contributed by atoms with van der Waals surface area (Å²) in [6.45, 7) is 5.83. The summed E-state index contributed by atoms with van der Waals surface area (Å²) in [6.07, 6.45) is 0. The van der Waals surface area contributed by atoms with Gasteiger partial charge in [-0.05, 0) is 26.3 Å². The minimum Gasteiger partial charge on any atom is -0.468 e. The number of rotatable bonds is 5. The molecule has 1 aliphatic heterocycles. The first-order chi connectivity index (χ1) is 11.9. The Hall–Kier alpha value is -2.47. The van der Waals surface area contributed by atoms with E-state index < -0.39 is 23.8 Å². The Balaban J connectivity index is 2.60. The molecule has 0 spiro atoms. The van der Waals surface area contributed by atoms with Crippen LogP contribution < -0.4 is 5.73 Å². The third-order valence-electron chi connectivity index (χ3n) is 4.26. The second kappa shape index (κ2) is 8.07. The van der Waals surface area contributed by atoms with E-state index in [9.17, 15) is 9.59 Å². The Labute approximate surface area is 147 Å². The first-order valence-electron chi connectivity index (χ1n) is 8.18. The van der Waals surface area contributed by atoms with Crippen LogP contribution in [-0.4, -0.2) is 37.9 Å². The highest BCUT2D eigenvalue weighted by Gasteiger charge is 2.42. The summed E-state index contributed by atoms with van der Waals surface area (Å²) in [5.41, 5.74) is 8.86. The number of esters is 2. The van der Waals surface area contributed by atoms with Crippen molar-refractivity contribution >= 4 is 17.7 Å². The highest BCUT2D eigenvalue weighted by atomic mass is 16.5. The van der Waals surface area contributed by atoms with Crippen LogP contribution in [0.5, 0.6) is 0 Å². The van der Waals surface area contributed by atoms with Gasteiger partial charge in [-0.15, -0.1) is 0 Å². The Morgan fingerprint density at radius 1 is 1.24 bits per heavy atom. The number of carbonyl (C=O) groups is 2. The summed E-state index contributed by atoms with van der Waals surface area (Å²) >= 11 is 0. The van der Waals surface area contributed by atoms with Gasteiger partial charge in [0.1, 0.15) is 12.5 Å². The number of hydrogen-bond acceptors (Lipinski definition) is 6. The molecule has 134 valence electrons. The van der Waals surface area contributed by atoms with Crippen molar-refractivity contribution in [3.63, 3.8) is 0 Å². The van der Waals surface area contributed by atoms with E-state index in [4.69, 9.17) is 15.2 Å². The van der Waals surface area contributed by atoms with Crippen LogP contribution in [0.4, 0.5) is 0 Å². The fourth-order valence-corrected chi connectivity index (χ4v) is 3.19. The molecule has 0 bridgehead atoms. The normalized spacial score (nSPS) is 20.1. The second-order valence-electron chi connectivity index (χ2n) is 6.07. The third kappa shape index (κ3) is 3.96. The molecule has 0 amide bonds. The van der Waals surface area contributed by atoms with Crippen LogP contribution in [-0.2, 0) is 19.1 Å². The lowest BCUT2D eigenvalue weighted by Gasteiger charge is -2.31. The molecule has 6 heteroatoms. The summed E-state index contributed by atoms with van der Waals surface area (Å²) in [5.74, 6) is -2.10. The third-order valence-corrected chi connectivity index (χ3v) is 4.26. The van der Waals surface area contributed by atoms with Gasteiger partial charge in [-0.25, -0.2) is 4.79 Å². The van der Waals surface area contributed by atoms with E-state index in [1.165, 1.54) is 7.11 Å². The molecule has 2 N–H and O–H groups in total. The number of carbonyl (C=O) groups excluding carboxylic acids is 2. The van der Waals surface area contributed by atoms with E-state index >= 15 is 0 Å². The molecule has 0 saturated heterocycles. The van der Waals surface area contributed by atoms with Gasteiger partial charge in [-0.1, -0.05) is 29.8 Å². The zero-order valence-corrected chi connectivity index (χ0v) is 15.0. The zero-order valence-electron chi connectivity index (χ0n) is 15.0. The van der Waals surface area contributed by atoms with Gasteiger partial charge in [-0.2, -0.15) is 0 Å². The predicted molar refractivity (Wildman–Crippen MR) is 95.2 cm³/mol. The molecule has 2 atom stereocenters. The lowest BCUT2D eigenvalue weighted by molar-refractivity contribution is -0.144. The molecule has 1 aromatic rings. The molecule has 0 saturated carbocycles. The molecular weight excluding hydrogens is 320 g/mol. The quantitative estimate of drug-likeness (QED) is 0.826. The molecule has 1 heterocycles. The Kier molecular flexibility index (Phi) is 6.09. The number of nitrogens with zero attached hydrogens (tertiary/aromatic N) is 1. The Bertz CT molecular complexity index is 737. The summed E-state index contributed by atoms with van der Waals surface area (Å²) in [7, 11) is 1.33. The van der Waals surface area contributed by atoms with Crippen molar-refractivity contribution in [3.8, 4) is 0 Å². The van der Waals surface area contributed by atoms with Crippen LogP contribution in [0.2, 0.25) is 0 Å². The summed E-state index contributed by atoms with van der Waals surface area (Å²) in [4.78, 5) is 29.5. The van der Waals surface area contributed by atoms with Crippen LogP contribution >= 0.6 is 0 Å². The van der Waals surface area contributed by atoms with Crippen molar-refractivity contribution in [2.75, 3.05) is 20.3 Å². The van der Waals surface area contributed by atoms with Crippen molar-refractivity contribution in [2.45, 2.75) is 26.7 Å². The molecule has 2 unspecified atom stereocenters. The first-order valence-corrected chi connectivity index (χ1v) is 8.18. The minimum absolute atomic E-state index is 0.113. The average molecular weight is 344 g/mol. The lowest BCUT2D eigenvalue weighted by Crippen LogP contribution is -2.36. The zero-order chi connectivity index (χ0) is 18.6. The summed E-state index contributed by atoms with van der Waals surface area (Å²) in [6, 6.07) is 7.72. The van der Waals surface area contributed by atoms with E-state index in [1.807, 2.05) is 31.2 Å². The van der Waals surface area contributed by atoms with Gasteiger partial charge in [0.25, 0.3) is 0 Å². The van der Waals surface area contributed by atoms with Crippen LogP contribution in [0.1, 0.15) is 30.9 Å². The largest absolute Gasteiger partial charge is 0.468 e. The summed E-state index contributed by atoms with van der Waals surface area (Å²) < 4.78 is 10.2. The number of benzene rings is 1. The monoisotopic (exact) mass is 344 g/mol. The maximum absolute atomic E-state index is 12.6. The fraction of sp³-hybridized carbons (Fsp3) is 0.421. The van der Waals surface area contributed by atoms with Crippen molar-refractivity contribution in [1.29, 1.82) is 0 Å². The van der Waals surface area contributed by atoms with Crippen LogP contribution in [0, 0.1) is 12.8 Å². The Morgan fingerprint density at radius 2 is 1.96 bits per heavy atom. The van der Waals surface area contributed by atoms with Crippen LogP contribution in [0.25, 0.3) is 0 Å². The maximum Gasteiger partial charge on any atom is 0.336 e. The highest BCUT2D eigenvalue weighted by Crippen LogP contribution is 2.40. The number of nitrogens with two attached hydrogens (primary N) is 1. The topological polar surface area (TPSA) is 91.0 Å². The second-order valence-corrected chi connectivity index (χ2v) is 6.07. The van der Waals surface area contributed by atoms with Crippen molar-refractivity contribution in [3.05, 3.63) is 46.7 Å². The van der Waals surface area contributed by atoms with E-state index in [0.29, 0.717) is 17.0 Å². The molecule has 0 fully saturated rings. The molecule has 6 nitrogen and oxygen atoms in total. The number of hydrogen-bond donors (Lipinski definition) is 1. The first kappa shape index (κ1) is 18.9. The van der Waals surface area contributed by atoms with E-state index in [0.717, 1.165) is 11.1 Å². The molecular formula is C19H24N2O4. The van der Waals surface area contributed by atoms with Gasteiger partial charge < -0.3 is 15.2 Å². The molecule has 25 heavy (non-hydrogen) atoms. The number of methoxy groups -OCH3 is 1. The number of ether oxygens (including phenoxy) is 2. The highest BCUT2D eigenvalue weighted by molar-refractivity contribution is 6.06. The van der Waals surface area contributed by atoms with Gasteiger partial charge in [-0.3, -0.25) is 9.79 Å². The average Bonchev–Trinajstić information content (AvgIpc) is 2.58. The fourth-order valence-electron chi connectivity index (χ4n) is 3.19. The molecule has 2 rings (SSSR count). The van der Waals surface area contributed by atoms with Gasteiger partial charge in [0.15, 0.2) is 0 Å². The number of aliphatic imine (C=N–C) groups is 1. The molecule has 0 aliphatic carbocycles.